The second kappa shape index (κ2) is 7.28. The summed E-state index contributed by atoms with van der Waals surface area (Å²) in [5.41, 5.74) is 0.402. The van der Waals surface area contributed by atoms with Crippen LogP contribution in [0, 0.1) is 0 Å². The molecule has 0 saturated heterocycles. The molecule has 0 fully saturated rings. The van der Waals surface area contributed by atoms with Crippen LogP contribution in [0.1, 0.15) is 17.3 Å². The first-order valence-electron chi connectivity index (χ1n) is 7.15. The molecule has 2 aromatic carbocycles. The Balaban J connectivity index is 2.44. The third kappa shape index (κ3) is 3.71. The third-order valence-corrected chi connectivity index (χ3v) is 3.66. The van der Waals surface area contributed by atoms with Crippen LogP contribution in [0.5, 0.6) is 11.5 Å². The molecule has 0 aliphatic carbocycles. The van der Waals surface area contributed by atoms with E-state index in [1.165, 1.54) is 7.11 Å². The van der Waals surface area contributed by atoms with Crippen LogP contribution in [0.4, 0.5) is 0 Å². The average molecular weight is 333 g/mol. The molecule has 0 unspecified atom stereocenters. The lowest BCUT2D eigenvalue weighted by molar-refractivity contribution is 0.0523. The Morgan fingerprint density at radius 2 is 1.96 bits per heavy atom. The number of methoxy groups -OCH3 is 1. The number of benzene rings is 2. The number of carbonyl (C=O) groups excluding carboxylic acids is 1. The average Bonchev–Trinajstić information content (AvgIpc) is 2.53. The lowest BCUT2D eigenvalue weighted by atomic mass is 10.0. The maximum absolute atomic E-state index is 12.0. The Bertz CT molecular complexity index is 743. The minimum atomic E-state index is -0.402. The van der Waals surface area contributed by atoms with E-state index in [0.717, 1.165) is 10.8 Å². The van der Waals surface area contributed by atoms with Crippen LogP contribution in [0.25, 0.3) is 10.8 Å². The SMILES string of the molecule is CCOC(=O)c1ccc2cc(OC(=S)N(C)C)ccc2c1OC. The summed E-state index contributed by atoms with van der Waals surface area (Å²) < 4.78 is 16.1. The van der Waals surface area contributed by atoms with Gasteiger partial charge in [-0.05, 0) is 48.8 Å². The summed E-state index contributed by atoms with van der Waals surface area (Å²) in [6.45, 7) is 2.08. The number of nitrogens with zero attached hydrogens (tertiary/aromatic N) is 1. The van der Waals surface area contributed by atoms with Gasteiger partial charge in [-0.3, -0.25) is 0 Å². The molecule has 0 amide bonds. The van der Waals surface area contributed by atoms with Crippen LogP contribution < -0.4 is 9.47 Å². The van der Waals surface area contributed by atoms with Crippen molar-refractivity contribution in [1.82, 2.24) is 4.90 Å². The van der Waals surface area contributed by atoms with Crippen molar-refractivity contribution in [2.24, 2.45) is 0 Å². The Hall–Kier alpha value is -2.34. The van der Waals surface area contributed by atoms with Gasteiger partial charge in [0.2, 0.25) is 0 Å². The zero-order valence-corrected chi connectivity index (χ0v) is 14.4. The van der Waals surface area contributed by atoms with E-state index in [4.69, 9.17) is 26.4 Å². The van der Waals surface area contributed by atoms with E-state index in [2.05, 4.69) is 0 Å². The molecule has 0 aliphatic heterocycles. The minimum absolute atomic E-state index is 0.314. The molecule has 122 valence electrons. The van der Waals surface area contributed by atoms with Crippen LogP contribution in [0.15, 0.2) is 30.3 Å². The van der Waals surface area contributed by atoms with Crippen LogP contribution >= 0.6 is 12.2 Å². The highest BCUT2D eigenvalue weighted by Crippen LogP contribution is 2.32. The monoisotopic (exact) mass is 333 g/mol. The van der Waals surface area contributed by atoms with Crippen LogP contribution in [-0.4, -0.2) is 43.9 Å². The summed E-state index contributed by atoms with van der Waals surface area (Å²) in [6, 6.07) is 8.99. The van der Waals surface area contributed by atoms with Crippen molar-refractivity contribution in [2.75, 3.05) is 27.8 Å². The van der Waals surface area contributed by atoms with Gasteiger partial charge in [-0.2, -0.15) is 0 Å². The van der Waals surface area contributed by atoms with Crippen molar-refractivity contribution < 1.29 is 19.0 Å². The molecule has 0 aliphatic rings. The molecule has 0 spiro atoms. The first kappa shape index (κ1) is 17.0. The number of esters is 1. The highest BCUT2D eigenvalue weighted by Gasteiger charge is 2.16. The van der Waals surface area contributed by atoms with Gasteiger partial charge in [0.25, 0.3) is 5.17 Å². The molecule has 5 nitrogen and oxygen atoms in total. The van der Waals surface area contributed by atoms with E-state index in [-0.39, 0.29) is 0 Å². The van der Waals surface area contributed by atoms with Crippen LogP contribution in [0.2, 0.25) is 0 Å². The summed E-state index contributed by atoms with van der Waals surface area (Å²) in [5.74, 6) is 0.713. The van der Waals surface area contributed by atoms with E-state index in [1.54, 1.807) is 24.0 Å². The van der Waals surface area contributed by atoms with Gasteiger partial charge in [-0.1, -0.05) is 6.07 Å². The lowest BCUT2D eigenvalue weighted by Gasteiger charge is -2.15. The van der Waals surface area contributed by atoms with E-state index in [0.29, 0.717) is 28.8 Å². The highest BCUT2D eigenvalue weighted by molar-refractivity contribution is 7.80. The Labute approximate surface area is 140 Å². The van der Waals surface area contributed by atoms with Crippen molar-refractivity contribution in [3.05, 3.63) is 35.9 Å². The number of ether oxygens (including phenoxy) is 3. The molecule has 0 heterocycles. The Morgan fingerprint density at radius 3 is 2.57 bits per heavy atom. The number of rotatable bonds is 4. The number of thiocarbonyl (C=S) groups is 1. The maximum Gasteiger partial charge on any atom is 0.341 e. The Morgan fingerprint density at radius 1 is 1.22 bits per heavy atom. The van der Waals surface area contributed by atoms with Gasteiger partial charge in [0.15, 0.2) is 0 Å². The summed E-state index contributed by atoms with van der Waals surface area (Å²) in [4.78, 5) is 13.7. The fraction of sp³-hybridized carbons (Fsp3) is 0.294. The number of hydrogen-bond acceptors (Lipinski definition) is 5. The predicted octanol–water partition coefficient (Wildman–Crippen LogP) is 3.25. The van der Waals surface area contributed by atoms with Gasteiger partial charge >= 0.3 is 5.97 Å². The third-order valence-electron chi connectivity index (χ3n) is 3.21. The largest absolute Gasteiger partial charge is 0.495 e. The second-order valence-electron chi connectivity index (χ2n) is 5.01. The zero-order valence-electron chi connectivity index (χ0n) is 13.6. The molecule has 0 radical (unpaired) electrons. The molecule has 0 N–H and O–H groups in total. The van der Waals surface area contributed by atoms with Crippen molar-refractivity contribution >= 4 is 34.1 Å². The molecule has 2 rings (SSSR count). The number of fused-ring (bicyclic) bond motifs is 1. The summed E-state index contributed by atoms with van der Waals surface area (Å²) in [6.07, 6.45) is 0. The van der Waals surface area contributed by atoms with E-state index < -0.39 is 5.97 Å². The molecule has 0 atom stereocenters. The molecular weight excluding hydrogens is 314 g/mol. The summed E-state index contributed by atoms with van der Waals surface area (Å²) in [5, 5.41) is 2.06. The molecule has 6 heteroatoms. The molecule has 0 aromatic heterocycles. The quantitative estimate of drug-likeness (QED) is 0.632. The molecule has 23 heavy (non-hydrogen) atoms. The van der Waals surface area contributed by atoms with Gasteiger partial charge in [0, 0.05) is 19.5 Å². The van der Waals surface area contributed by atoms with Gasteiger partial charge in [0.05, 0.1) is 13.7 Å². The fourth-order valence-electron chi connectivity index (χ4n) is 2.12. The zero-order chi connectivity index (χ0) is 17.0. The standard InChI is InChI=1S/C17H19NO4S/c1-5-21-16(19)14-8-6-11-10-12(22-17(23)18(2)3)7-9-13(11)15(14)20-4/h6-10H,5H2,1-4H3. The smallest absolute Gasteiger partial charge is 0.341 e. The minimum Gasteiger partial charge on any atom is -0.495 e. The Kier molecular flexibility index (Phi) is 5.39. The maximum atomic E-state index is 12.0. The first-order valence-corrected chi connectivity index (χ1v) is 7.55. The fourth-order valence-corrected chi connectivity index (χ4v) is 2.22. The number of hydrogen-bond donors (Lipinski definition) is 0. The summed E-state index contributed by atoms with van der Waals surface area (Å²) >= 11 is 5.13. The predicted molar refractivity (Wildman–Crippen MR) is 93.4 cm³/mol. The van der Waals surface area contributed by atoms with Gasteiger partial charge in [-0.25, -0.2) is 4.79 Å². The van der Waals surface area contributed by atoms with Crippen molar-refractivity contribution in [2.45, 2.75) is 6.92 Å². The van der Waals surface area contributed by atoms with Gasteiger partial charge < -0.3 is 19.1 Å². The van der Waals surface area contributed by atoms with Gasteiger partial charge in [0.1, 0.15) is 17.1 Å². The molecule has 0 bridgehead atoms. The van der Waals surface area contributed by atoms with Crippen molar-refractivity contribution in [1.29, 1.82) is 0 Å². The first-order chi connectivity index (χ1) is 11.0. The normalized spacial score (nSPS) is 10.3. The molecule has 0 saturated carbocycles. The van der Waals surface area contributed by atoms with E-state index in [9.17, 15) is 4.79 Å². The van der Waals surface area contributed by atoms with Crippen molar-refractivity contribution in [3.8, 4) is 11.5 Å². The number of carbonyl (C=O) groups is 1. The summed E-state index contributed by atoms with van der Waals surface area (Å²) in [7, 11) is 5.17. The van der Waals surface area contributed by atoms with E-state index in [1.807, 2.05) is 32.3 Å². The van der Waals surface area contributed by atoms with Crippen LogP contribution in [0.3, 0.4) is 0 Å². The molecule has 2 aromatic rings. The van der Waals surface area contributed by atoms with Crippen LogP contribution in [-0.2, 0) is 4.74 Å². The molecular formula is C17H19NO4S. The topological polar surface area (TPSA) is 48.0 Å². The van der Waals surface area contributed by atoms with Crippen molar-refractivity contribution in [3.63, 3.8) is 0 Å². The second-order valence-corrected chi connectivity index (χ2v) is 5.36. The van der Waals surface area contributed by atoms with Gasteiger partial charge in [-0.15, -0.1) is 0 Å². The highest BCUT2D eigenvalue weighted by atomic mass is 32.1. The van der Waals surface area contributed by atoms with E-state index >= 15 is 0 Å². The lowest BCUT2D eigenvalue weighted by Crippen LogP contribution is -2.24.